The van der Waals surface area contributed by atoms with Crippen molar-refractivity contribution in [3.8, 4) is 11.3 Å². The van der Waals surface area contributed by atoms with Crippen molar-refractivity contribution < 1.29 is 0 Å². The van der Waals surface area contributed by atoms with Gasteiger partial charge in [0.15, 0.2) is 0 Å². The first-order chi connectivity index (χ1) is 8.92. The summed E-state index contributed by atoms with van der Waals surface area (Å²) in [7, 11) is 0. The minimum absolute atomic E-state index is 0.907. The fourth-order valence-corrected chi connectivity index (χ4v) is 2.81. The van der Waals surface area contributed by atoms with Crippen LogP contribution in [-0.2, 0) is 6.54 Å². The Bertz CT molecular complexity index is 488. The molecule has 1 heterocycles. The first kappa shape index (κ1) is 11.9. The van der Waals surface area contributed by atoms with Crippen molar-refractivity contribution in [2.75, 3.05) is 6.54 Å². The highest BCUT2D eigenvalue weighted by atomic mass is 32.1. The van der Waals surface area contributed by atoms with E-state index in [9.17, 15) is 0 Å². The molecule has 0 bridgehead atoms. The van der Waals surface area contributed by atoms with E-state index in [4.69, 9.17) is 0 Å². The third-order valence-corrected chi connectivity index (χ3v) is 4.17. The predicted molar refractivity (Wildman–Crippen MR) is 76.6 cm³/mol. The average Bonchev–Trinajstić information content (AvgIpc) is 3.12. The van der Waals surface area contributed by atoms with Crippen LogP contribution in [0, 0.1) is 5.92 Å². The maximum atomic E-state index is 4.67. The van der Waals surface area contributed by atoms with Crippen LogP contribution in [0.4, 0.5) is 0 Å². The lowest BCUT2D eigenvalue weighted by atomic mass is 10.2. The molecular weight excluding hydrogens is 240 g/mol. The third kappa shape index (κ3) is 3.18. The second-order valence-corrected chi connectivity index (χ2v) is 5.84. The van der Waals surface area contributed by atoms with Crippen molar-refractivity contribution in [1.29, 1.82) is 0 Å². The van der Waals surface area contributed by atoms with Crippen LogP contribution in [0.15, 0.2) is 35.7 Å². The molecule has 0 amide bonds. The Morgan fingerprint density at radius 1 is 1.22 bits per heavy atom. The summed E-state index contributed by atoms with van der Waals surface area (Å²) >= 11 is 1.75. The van der Waals surface area contributed by atoms with E-state index in [1.54, 1.807) is 11.3 Å². The molecule has 2 aromatic rings. The fourth-order valence-electron chi connectivity index (χ4n) is 2.04. The highest BCUT2D eigenvalue weighted by molar-refractivity contribution is 7.09. The molecule has 3 rings (SSSR count). The van der Waals surface area contributed by atoms with Crippen LogP contribution < -0.4 is 5.32 Å². The molecule has 1 N–H and O–H groups in total. The molecule has 1 fully saturated rings. The predicted octanol–water partition coefficient (Wildman–Crippen LogP) is 3.70. The molecule has 2 nitrogen and oxygen atoms in total. The molecule has 0 unspecified atom stereocenters. The first-order valence-electron chi connectivity index (χ1n) is 6.62. The highest BCUT2D eigenvalue weighted by Crippen LogP contribution is 2.31. The summed E-state index contributed by atoms with van der Waals surface area (Å²) in [4.78, 5) is 4.67. The molecule has 0 spiro atoms. The highest BCUT2D eigenvalue weighted by Gasteiger charge is 2.19. The molecule has 1 aliphatic rings. The van der Waals surface area contributed by atoms with Gasteiger partial charge in [-0.05, 0) is 18.9 Å². The topological polar surface area (TPSA) is 24.9 Å². The standard InChI is InChI=1S/C15H18N2S/c1-2-4-13(5-3-1)14-11-18-15(17-14)10-16-9-8-12-6-7-12/h1-5,11-12,16H,6-10H2. The summed E-state index contributed by atoms with van der Waals surface area (Å²) < 4.78 is 0. The van der Waals surface area contributed by atoms with Crippen LogP contribution in [0.2, 0.25) is 0 Å². The lowest BCUT2D eigenvalue weighted by molar-refractivity contribution is 0.611. The Labute approximate surface area is 112 Å². The molecule has 0 saturated heterocycles. The lowest BCUT2D eigenvalue weighted by Gasteiger charge is -2.00. The Morgan fingerprint density at radius 2 is 2.06 bits per heavy atom. The zero-order valence-corrected chi connectivity index (χ0v) is 11.2. The van der Waals surface area contributed by atoms with Crippen LogP contribution in [0.5, 0.6) is 0 Å². The normalized spacial score (nSPS) is 14.9. The van der Waals surface area contributed by atoms with Gasteiger partial charge in [-0.15, -0.1) is 11.3 Å². The molecule has 3 heteroatoms. The molecule has 1 aromatic heterocycles. The van der Waals surface area contributed by atoms with Crippen LogP contribution >= 0.6 is 11.3 Å². The van der Waals surface area contributed by atoms with E-state index in [1.807, 2.05) is 6.07 Å². The van der Waals surface area contributed by atoms with Gasteiger partial charge in [0.05, 0.1) is 5.69 Å². The van der Waals surface area contributed by atoms with Gasteiger partial charge in [0.25, 0.3) is 0 Å². The van der Waals surface area contributed by atoms with Gasteiger partial charge >= 0.3 is 0 Å². The van der Waals surface area contributed by atoms with E-state index in [2.05, 4.69) is 39.9 Å². The molecule has 94 valence electrons. The van der Waals surface area contributed by atoms with Crippen LogP contribution in [-0.4, -0.2) is 11.5 Å². The number of nitrogens with one attached hydrogen (secondary N) is 1. The van der Waals surface area contributed by atoms with E-state index in [0.29, 0.717) is 0 Å². The average molecular weight is 258 g/mol. The fraction of sp³-hybridized carbons (Fsp3) is 0.400. The Hall–Kier alpha value is -1.19. The van der Waals surface area contributed by atoms with Gasteiger partial charge in [-0.2, -0.15) is 0 Å². The van der Waals surface area contributed by atoms with Crippen LogP contribution in [0.1, 0.15) is 24.3 Å². The van der Waals surface area contributed by atoms with Crippen molar-refractivity contribution in [2.45, 2.75) is 25.8 Å². The van der Waals surface area contributed by atoms with Gasteiger partial charge in [0.2, 0.25) is 0 Å². The monoisotopic (exact) mass is 258 g/mol. The molecule has 1 aliphatic carbocycles. The quantitative estimate of drug-likeness (QED) is 0.799. The molecule has 1 saturated carbocycles. The second-order valence-electron chi connectivity index (χ2n) is 4.90. The minimum atomic E-state index is 0.907. The van der Waals surface area contributed by atoms with Gasteiger partial charge in [0, 0.05) is 17.5 Å². The number of hydrogen-bond acceptors (Lipinski definition) is 3. The zero-order chi connectivity index (χ0) is 12.2. The zero-order valence-electron chi connectivity index (χ0n) is 10.4. The number of benzene rings is 1. The number of aromatic nitrogens is 1. The summed E-state index contributed by atoms with van der Waals surface area (Å²) in [6, 6.07) is 10.4. The SMILES string of the molecule is c1ccc(-c2csc(CNCCC3CC3)n2)cc1. The number of rotatable bonds is 6. The van der Waals surface area contributed by atoms with Crippen LogP contribution in [0.25, 0.3) is 11.3 Å². The van der Waals surface area contributed by atoms with Crippen LogP contribution in [0.3, 0.4) is 0 Å². The van der Waals surface area contributed by atoms with E-state index in [0.717, 1.165) is 24.7 Å². The maximum absolute atomic E-state index is 4.67. The summed E-state index contributed by atoms with van der Waals surface area (Å²) in [6.07, 6.45) is 4.21. The third-order valence-electron chi connectivity index (χ3n) is 3.32. The first-order valence-corrected chi connectivity index (χ1v) is 7.50. The van der Waals surface area contributed by atoms with E-state index in [-0.39, 0.29) is 0 Å². The van der Waals surface area contributed by atoms with E-state index >= 15 is 0 Å². The molecular formula is C15H18N2S. The summed E-state index contributed by atoms with van der Waals surface area (Å²) in [5, 5.41) is 6.82. The minimum Gasteiger partial charge on any atom is -0.310 e. The summed E-state index contributed by atoms with van der Waals surface area (Å²) in [5.74, 6) is 1.01. The van der Waals surface area contributed by atoms with Gasteiger partial charge in [-0.1, -0.05) is 43.2 Å². The summed E-state index contributed by atoms with van der Waals surface area (Å²) in [5.41, 5.74) is 2.30. The number of hydrogen-bond donors (Lipinski definition) is 1. The van der Waals surface area contributed by atoms with Gasteiger partial charge in [0.1, 0.15) is 5.01 Å². The Morgan fingerprint density at radius 3 is 2.83 bits per heavy atom. The maximum Gasteiger partial charge on any atom is 0.107 e. The van der Waals surface area contributed by atoms with Gasteiger partial charge < -0.3 is 5.32 Å². The Balaban J connectivity index is 1.52. The van der Waals surface area contributed by atoms with Crippen molar-refractivity contribution >= 4 is 11.3 Å². The number of thiazole rings is 1. The van der Waals surface area contributed by atoms with Crippen molar-refractivity contribution in [2.24, 2.45) is 5.92 Å². The smallest absolute Gasteiger partial charge is 0.107 e. The lowest BCUT2D eigenvalue weighted by Crippen LogP contribution is -2.14. The van der Waals surface area contributed by atoms with Crippen molar-refractivity contribution in [1.82, 2.24) is 10.3 Å². The Kier molecular flexibility index (Phi) is 3.72. The molecule has 18 heavy (non-hydrogen) atoms. The van der Waals surface area contributed by atoms with Crippen molar-refractivity contribution in [3.05, 3.63) is 40.7 Å². The van der Waals surface area contributed by atoms with Gasteiger partial charge in [-0.25, -0.2) is 4.98 Å². The molecule has 0 aliphatic heterocycles. The van der Waals surface area contributed by atoms with Crippen molar-refractivity contribution in [3.63, 3.8) is 0 Å². The summed E-state index contributed by atoms with van der Waals surface area (Å²) in [6.45, 7) is 2.04. The second kappa shape index (κ2) is 5.63. The molecule has 0 radical (unpaired) electrons. The molecule has 0 atom stereocenters. The van der Waals surface area contributed by atoms with E-state index in [1.165, 1.54) is 29.8 Å². The van der Waals surface area contributed by atoms with E-state index < -0.39 is 0 Å². The van der Waals surface area contributed by atoms with Gasteiger partial charge in [-0.3, -0.25) is 0 Å². The number of nitrogens with zero attached hydrogens (tertiary/aromatic N) is 1. The molecule has 1 aromatic carbocycles. The largest absolute Gasteiger partial charge is 0.310 e.